The summed E-state index contributed by atoms with van der Waals surface area (Å²) in [5.41, 5.74) is 7.05. The number of aromatic nitrogens is 3. The normalized spacial score (nSPS) is 12.7. The second-order valence-corrected chi connectivity index (χ2v) is 4.59. The van der Waals surface area contributed by atoms with E-state index in [0.29, 0.717) is 6.42 Å². The molecule has 2 rings (SSSR count). The Kier molecular flexibility index (Phi) is 3.36. The van der Waals surface area contributed by atoms with Gasteiger partial charge in [0.1, 0.15) is 5.82 Å². The monoisotopic (exact) mass is 280 g/mol. The summed E-state index contributed by atoms with van der Waals surface area (Å²) < 4.78 is 2.91. The highest BCUT2D eigenvalue weighted by Gasteiger charge is 2.11. The van der Waals surface area contributed by atoms with Crippen molar-refractivity contribution in [2.45, 2.75) is 12.5 Å². The summed E-state index contributed by atoms with van der Waals surface area (Å²) in [7, 11) is 1.94. The van der Waals surface area contributed by atoms with E-state index < -0.39 is 0 Å². The lowest BCUT2D eigenvalue weighted by molar-refractivity contribution is 0.624. The third-order valence-corrected chi connectivity index (χ3v) is 2.88. The van der Waals surface area contributed by atoms with Crippen LogP contribution in [0, 0.1) is 0 Å². The highest BCUT2D eigenvalue weighted by Crippen LogP contribution is 2.14. The smallest absolute Gasteiger partial charge is 0.125 e. The molecule has 0 bridgehead atoms. The van der Waals surface area contributed by atoms with Crippen molar-refractivity contribution in [3.8, 4) is 0 Å². The largest absolute Gasteiger partial charge is 0.337 e. The molecule has 0 aromatic carbocycles. The predicted octanol–water partition coefficient (Wildman–Crippen LogP) is 1.82. The van der Waals surface area contributed by atoms with Crippen LogP contribution in [0.3, 0.4) is 0 Å². The van der Waals surface area contributed by atoms with Crippen LogP contribution < -0.4 is 5.73 Å². The van der Waals surface area contributed by atoms with Gasteiger partial charge in [0.2, 0.25) is 0 Å². The first kappa shape index (κ1) is 11.3. The molecule has 0 spiro atoms. The number of hydrogen-bond donors (Lipinski definition) is 1. The van der Waals surface area contributed by atoms with Crippen molar-refractivity contribution in [1.82, 2.24) is 14.5 Å². The summed E-state index contributed by atoms with van der Waals surface area (Å²) in [5.74, 6) is 0.879. The first-order chi connectivity index (χ1) is 7.66. The van der Waals surface area contributed by atoms with Crippen LogP contribution in [-0.2, 0) is 13.5 Å². The molecular formula is C11H13BrN4. The number of nitrogens with zero attached hydrogens (tertiary/aromatic N) is 3. The van der Waals surface area contributed by atoms with Crippen molar-refractivity contribution >= 4 is 15.9 Å². The van der Waals surface area contributed by atoms with Gasteiger partial charge in [-0.25, -0.2) is 4.98 Å². The molecule has 16 heavy (non-hydrogen) atoms. The molecule has 84 valence electrons. The van der Waals surface area contributed by atoms with Gasteiger partial charge in [0.25, 0.3) is 0 Å². The molecule has 0 aliphatic carbocycles. The number of halogens is 1. The topological polar surface area (TPSA) is 56.7 Å². The average molecular weight is 281 g/mol. The van der Waals surface area contributed by atoms with E-state index in [2.05, 4.69) is 25.9 Å². The van der Waals surface area contributed by atoms with Gasteiger partial charge < -0.3 is 10.3 Å². The van der Waals surface area contributed by atoms with E-state index in [0.717, 1.165) is 16.0 Å². The van der Waals surface area contributed by atoms with Gasteiger partial charge in [0.15, 0.2) is 0 Å². The third kappa shape index (κ3) is 2.48. The Balaban J connectivity index is 2.10. The fourth-order valence-corrected chi connectivity index (χ4v) is 1.81. The van der Waals surface area contributed by atoms with Crippen LogP contribution in [0.15, 0.2) is 35.2 Å². The van der Waals surface area contributed by atoms with Crippen molar-refractivity contribution in [1.29, 1.82) is 0 Å². The van der Waals surface area contributed by atoms with Gasteiger partial charge in [0.05, 0.1) is 6.04 Å². The van der Waals surface area contributed by atoms with Crippen LogP contribution >= 0.6 is 15.9 Å². The van der Waals surface area contributed by atoms with E-state index in [1.165, 1.54) is 0 Å². The summed E-state index contributed by atoms with van der Waals surface area (Å²) in [5, 5.41) is 0. The average Bonchev–Trinajstić information content (AvgIpc) is 2.68. The first-order valence-electron chi connectivity index (χ1n) is 5.00. The first-order valence-corrected chi connectivity index (χ1v) is 5.79. The van der Waals surface area contributed by atoms with Gasteiger partial charge in [-0.1, -0.05) is 0 Å². The van der Waals surface area contributed by atoms with Crippen LogP contribution in [0.1, 0.15) is 17.6 Å². The zero-order chi connectivity index (χ0) is 11.5. The van der Waals surface area contributed by atoms with Crippen molar-refractivity contribution in [3.05, 3.63) is 46.7 Å². The summed E-state index contributed by atoms with van der Waals surface area (Å²) in [6.07, 6.45) is 6.12. The minimum absolute atomic E-state index is 0.117. The van der Waals surface area contributed by atoms with Gasteiger partial charge in [-0.3, -0.25) is 4.98 Å². The Labute approximate surface area is 103 Å². The summed E-state index contributed by atoms with van der Waals surface area (Å²) in [6, 6.07) is 3.81. The zero-order valence-electron chi connectivity index (χ0n) is 8.97. The highest BCUT2D eigenvalue weighted by atomic mass is 79.9. The molecule has 0 fully saturated rings. The molecule has 5 heteroatoms. The Morgan fingerprint density at radius 3 is 2.81 bits per heavy atom. The van der Waals surface area contributed by atoms with Crippen LogP contribution in [-0.4, -0.2) is 14.5 Å². The number of rotatable bonds is 3. The molecule has 1 unspecified atom stereocenters. The van der Waals surface area contributed by atoms with E-state index in [1.807, 2.05) is 29.9 Å². The van der Waals surface area contributed by atoms with E-state index in [-0.39, 0.29) is 6.04 Å². The molecule has 0 aliphatic rings. The summed E-state index contributed by atoms with van der Waals surface area (Å²) in [4.78, 5) is 8.52. The predicted molar refractivity (Wildman–Crippen MR) is 65.8 cm³/mol. The molecule has 0 radical (unpaired) electrons. The number of aryl methyl sites for hydroxylation is 1. The molecule has 1 atom stereocenters. The number of imidazole rings is 1. The number of nitrogens with two attached hydrogens (primary N) is 1. The number of hydrogen-bond acceptors (Lipinski definition) is 3. The van der Waals surface area contributed by atoms with Gasteiger partial charge in [-0.05, 0) is 28.1 Å². The summed E-state index contributed by atoms with van der Waals surface area (Å²) >= 11 is 3.35. The second-order valence-electron chi connectivity index (χ2n) is 3.67. The lowest BCUT2D eigenvalue weighted by atomic mass is 10.1. The van der Waals surface area contributed by atoms with E-state index in [1.54, 1.807) is 12.4 Å². The quantitative estimate of drug-likeness (QED) is 0.933. The van der Waals surface area contributed by atoms with E-state index in [9.17, 15) is 0 Å². The van der Waals surface area contributed by atoms with Crippen molar-refractivity contribution in [2.75, 3.05) is 0 Å². The fourth-order valence-electron chi connectivity index (χ4n) is 1.58. The molecule has 2 aromatic rings. The maximum atomic E-state index is 6.08. The second kappa shape index (κ2) is 4.76. The molecule has 2 aromatic heterocycles. The van der Waals surface area contributed by atoms with Crippen LogP contribution in [0.2, 0.25) is 0 Å². The van der Waals surface area contributed by atoms with Crippen LogP contribution in [0.25, 0.3) is 0 Å². The molecule has 0 amide bonds. The minimum atomic E-state index is -0.117. The molecule has 0 saturated heterocycles. The minimum Gasteiger partial charge on any atom is -0.337 e. The highest BCUT2D eigenvalue weighted by molar-refractivity contribution is 9.10. The number of pyridine rings is 1. The Bertz CT molecular complexity index is 463. The zero-order valence-corrected chi connectivity index (χ0v) is 10.6. The van der Waals surface area contributed by atoms with E-state index >= 15 is 0 Å². The molecule has 0 saturated carbocycles. The fraction of sp³-hybridized carbons (Fsp3) is 0.273. The van der Waals surface area contributed by atoms with Crippen LogP contribution in [0.5, 0.6) is 0 Å². The van der Waals surface area contributed by atoms with Gasteiger partial charge >= 0.3 is 0 Å². The van der Waals surface area contributed by atoms with Crippen molar-refractivity contribution in [3.63, 3.8) is 0 Å². The standard InChI is InChI=1S/C11H13BrN4/c1-16-5-4-14-11(16)10(13)6-9-3-2-8(12)7-15-9/h2-5,7,10H,6,13H2,1H3. The Hall–Kier alpha value is -1.20. The summed E-state index contributed by atoms with van der Waals surface area (Å²) in [6.45, 7) is 0. The van der Waals surface area contributed by atoms with Crippen molar-refractivity contribution in [2.24, 2.45) is 12.8 Å². The van der Waals surface area contributed by atoms with Crippen LogP contribution in [0.4, 0.5) is 0 Å². The van der Waals surface area contributed by atoms with Gasteiger partial charge in [-0.2, -0.15) is 0 Å². The van der Waals surface area contributed by atoms with Gasteiger partial charge in [-0.15, -0.1) is 0 Å². The van der Waals surface area contributed by atoms with Gasteiger partial charge in [0, 0.05) is 42.2 Å². The molecule has 0 aliphatic heterocycles. The maximum Gasteiger partial charge on any atom is 0.125 e. The molecule has 4 nitrogen and oxygen atoms in total. The Morgan fingerprint density at radius 2 is 2.25 bits per heavy atom. The molecule has 2 N–H and O–H groups in total. The molecule has 2 heterocycles. The SMILES string of the molecule is Cn1ccnc1C(N)Cc1ccc(Br)cn1. The Morgan fingerprint density at radius 1 is 1.44 bits per heavy atom. The third-order valence-electron chi connectivity index (χ3n) is 2.41. The maximum absolute atomic E-state index is 6.08. The molecular weight excluding hydrogens is 268 g/mol. The van der Waals surface area contributed by atoms with E-state index in [4.69, 9.17) is 5.73 Å². The lowest BCUT2D eigenvalue weighted by Crippen LogP contribution is -2.18. The lowest BCUT2D eigenvalue weighted by Gasteiger charge is -2.10. The van der Waals surface area contributed by atoms with Crippen molar-refractivity contribution < 1.29 is 0 Å².